The lowest BCUT2D eigenvalue weighted by Crippen LogP contribution is -2.24. The number of aromatic nitrogens is 1. The van der Waals surface area contributed by atoms with Crippen molar-refractivity contribution < 1.29 is 0 Å². The van der Waals surface area contributed by atoms with Gasteiger partial charge in [-0.2, -0.15) is 0 Å². The largest absolute Gasteiger partial charge is 0.357 e. The van der Waals surface area contributed by atoms with Crippen molar-refractivity contribution in [2.45, 2.75) is 25.8 Å². The number of rotatable bonds is 3. The zero-order chi connectivity index (χ0) is 10.7. The third-order valence-electron chi connectivity index (χ3n) is 3.05. The Kier molecular flexibility index (Phi) is 3.71. The normalized spacial score (nSPS) is 17.5. The van der Waals surface area contributed by atoms with Crippen LogP contribution in [0.4, 0.5) is 0 Å². The van der Waals surface area contributed by atoms with Gasteiger partial charge in [0, 0.05) is 31.9 Å². The van der Waals surface area contributed by atoms with Crippen molar-refractivity contribution in [1.82, 2.24) is 9.47 Å². The SMILES string of the molecule is Cn1cc2c(c1)CN(CCCCl)CCC2. The first kappa shape index (κ1) is 11.0. The maximum absolute atomic E-state index is 5.74. The highest BCUT2D eigenvalue weighted by atomic mass is 35.5. The Bertz CT molecular complexity index is 319. The van der Waals surface area contributed by atoms with Gasteiger partial charge in [0.05, 0.1) is 0 Å². The van der Waals surface area contributed by atoms with Crippen molar-refractivity contribution >= 4 is 11.6 Å². The average Bonchev–Trinajstić information content (AvgIpc) is 2.44. The molecule has 0 spiro atoms. The van der Waals surface area contributed by atoms with Crippen molar-refractivity contribution in [2.75, 3.05) is 19.0 Å². The van der Waals surface area contributed by atoms with Crippen LogP contribution in [0.3, 0.4) is 0 Å². The third-order valence-corrected chi connectivity index (χ3v) is 3.32. The molecule has 0 N–H and O–H groups in total. The number of halogens is 1. The van der Waals surface area contributed by atoms with Crippen molar-refractivity contribution in [2.24, 2.45) is 7.05 Å². The lowest BCUT2D eigenvalue weighted by molar-refractivity contribution is 0.270. The van der Waals surface area contributed by atoms with E-state index in [0.717, 1.165) is 25.4 Å². The molecule has 0 fully saturated rings. The third kappa shape index (κ3) is 2.76. The summed E-state index contributed by atoms with van der Waals surface area (Å²) in [5.41, 5.74) is 3.04. The van der Waals surface area contributed by atoms with E-state index in [0.29, 0.717) is 0 Å². The zero-order valence-corrected chi connectivity index (χ0v) is 10.1. The van der Waals surface area contributed by atoms with Crippen LogP contribution in [0.15, 0.2) is 12.4 Å². The van der Waals surface area contributed by atoms with Gasteiger partial charge in [0.1, 0.15) is 0 Å². The predicted molar refractivity (Wildman–Crippen MR) is 64.3 cm³/mol. The molecule has 0 saturated carbocycles. The van der Waals surface area contributed by atoms with Crippen LogP contribution in [-0.2, 0) is 20.0 Å². The van der Waals surface area contributed by atoms with Crippen molar-refractivity contribution in [3.05, 3.63) is 23.5 Å². The van der Waals surface area contributed by atoms with E-state index in [-0.39, 0.29) is 0 Å². The number of nitrogens with zero attached hydrogens (tertiary/aromatic N) is 2. The highest BCUT2D eigenvalue weighted by Gasteiger charge is 2.14. The molecular formula is C12H19ClN2. The molecule has 0 amide bonds. The Labute approximate surface area is 96.8 Å². The topological polar surface area (TPSA) is 8.17 Å². The summed E-state index contributed by atoms with van der Waals surface area (Å²) in [7, 11) is 2.11. The second-order valence-corrected chi connectivity index (χ2v) is 4.77. The summed E-state index contributed by atoms with van der Waals surface area (Å²) in [5, 5.41) is 0. The van der Waals surface area contributed by atoms with Gasteiger partial charge in [-0.25, -0.2) is 0 Å². The van der Waals surface area contributed by atoms with Crippen LogP contribution in [0, 0.1) is 0 Å². The summed E-state index contributed by atoms with van der Waals surface area (Å²) in [6.45, 7) is 3.46. The molecule has 0 saturated heterocycles. The molecule has 1 aliphatic rings. The fraction of sp³-hybridized carbons (Fsp3) is 0.667. The Morgan fingerprint density at radius 1 is 1.33 bits per heavy atom. The van der Waals surface area contributed by atoms with Crippen LogP contribution in [0.2, 0.25) is 0 Å². The quantitative estimate of drug-likeness (QED) is 0.719. The van der Waals surface area contributed by atoms with Gasteiger partial charge in [0.15, 0.2) is 0 Å². The average molecular weight is 227 g/mol. The monoisotopic (exact) mass is 226 g/mol. The molecule has 0 unspecified atom stereocenters. The maximum atomic E-state index is 5.74. The molecule has 1 aliphatic heterocycles. The van der Waals surface area contributed by atoms with Crippen molar-refractivity contribution in [3.8, 4) is 0 Å². The number of fused-ring (bicyclic) bond motifs is 1. The molecule has 0 aromatic carbocycles. The molecule has 1 aromatic heterocycles. The fourth-order valence-electron chi connectivity index (χ4n) is 2.35. The molecule has 15 heavy (non-hydrogen) atoms. The van der Waals surface area contributed by atoms with E-state index in [1.807, 2.05) is 0 Å². The summed E-state index contributed by atoms with van der Waals surface area (Å²) < 4.78 is 2.18. The van der Waals surface area contributed by atoms with E-state index >= 15 is 0 Å². The van der Waals surface area contributed by atoms with E-state index in [9.17, 15) is 0 Å². The van der Waals surface area contributed by atoms with Gasteiger partial charge in [0.2, 0.25) is 0 Å². The predicted octanol–water partition coefficient (Wildman–Crippen LogP) is 2.40. The minimum Gasteiger partial charge on any atom is -0.357 e. The van der Waals surface area contributed by atoms with Gasteiger partial charge in [-0.1, -0.05) is 0 Å². The first-order valence-electron chi connectivity index (χ1n) is 5.71. The minimum absolute atomic E-state index is 0.776. The van der Waals surface area contributed by atoms with Crippen LogP contribution >= 0.6 is 11.6 Å². The standard InChI is InChI=1S/C12H19ClN2/c1-14-8-11-4-2-6-15(7-3-5-13)10-12(11)9-14/h8-9H,2-7,10H2,1H3. The molecule has 0 aliphatic carbocycles. The minimum atomic E-state index is 0.776. The first-order chi connectivity index (χ1) is 7.29. The number of aryl methyl sites for hydroxylation is 2. The molecule has 84 valence electrons. The molecular weight excluding hydrogens is 208 g/mol. The maximum Gasteiger partial charge on any atom is 0.0251 e. The first-order valence-corrected chi connectivity index (χ1v) is 6.25. The second kappa shape index (κ2) is 5.04. The molecule has 2 heterocycles. The van der Waals surface area contributed by atoms with Crippen LogP contribution < -0.4 is 0 Å². The van der Waals surface area contributed by atoms with Gasteiger partial charge in [-0.15, -0.1) is 11.6 Å². The number of hydrogen-bond acceptors (Lipinski definition) is 1. The number of alkyl halides is 1. The molecule has 2 rings (SSSR count). The Hall–Kier alpha value is -0.470. The summed E-state index contributed by atoms with van der Waals surface area (Å²) in [6.07, 6.45) is 8.13. The van der Waals surface area contributed by atoms with E-state index < -0.39 is 0 Å². The van der Waals surface area contributed by atoms with Crippen LogP contribution in [-0.4, -0.2) is 28.4 Å². The lowest BCUT2D eigenvalue weighted by atomic mass is 10.1. The van der Waals surface area contributed by atoms with Crippen LogP contribution in [0.1, 0.15) is 24.0 Å². The smallest absolute Gasteiger partial charge is 0.0251 e. The number of hydrogen-bond donors (Lipinski definition) is 0. The molecule has 0 bridgehead atoms. The molecule has 1 aromatic rings. The van der Waals surface area contributed by atoms with Gasteiger partial charge in [0.25, 0.3) is 0 Å². The summed E-state index contributed by atoms with van der Waals surface area (Å²) >= 11 is 5.74. The van der Waals surface area contributed by atoms with Crippen molar-refractivity contribution in [3.63, 3.8) is 0 Å². The van der Waals surface area contributed by atoms with Crippen LogP contribution in [0.25, 0.3) is 0 Å². The Morgan fingerprint density at radius 2 is 2.13 bits per heavy atom. The molecule has 0 radical (unpaired) electrons. The molecule has 0 atom stereocenters. The van der Waals surface area contributed by atoms with Gasteiger partial charge < -0.3 is 4.57 Å². The highest BCUT2D eigenvalue weighted by molar-refractivity contribution is 6.17. The van der Waals surface area contributed by atoms with E-state index in [4.69, 9.17) is 11.6 Å². The Balaban J connectivity index is 2.03. The van der Waals surface area contributed by atoms with Gasteiger partial charge in [-0.3, -0.25) is 4.90 Å². The van der Waals surface area contributed by atoms with E-state index in [1.54, 1.807) is 0 Å². The zero-order valence-electron chi connectivity index (χ0n) is 9.38. The molecule has 3 heteroatoms. The lowest BCUT2D eigenvalue weighted by Gasteiger charge is -2.19. The van der Waals surface area contributed by atoms with E-state index in [2.05, 4.69) is 28.9 Å². The molecule has 2 nitrogen and oxygen atoms in total. The van der Waals surface area contributed by atoms with Crippen molar-refractivity contribution in [1.29, 1.82) is 0 Å². The van der Waals surface area contributed by atoms with E-state index in [1.165, 1.54) is 30.5 Å². The van der Waals surface area contributed by atoms with Gasteiger partial charge in [-0.05, 0) is 43.5 Å². The second-order valence-electron chi connectivity index (χ2n) is 4.40. The highest BCUT2D eigenvalue weighted by Crippen LogP contribution is 2.19. The summed E-state index contributed by atoms with van der Waals surface area (Å²) in [6, 6.07) is 0. The van der Waals surface area contributed by atoms with Gasteiger partial charge >= 0.3 is 0 Å². The Morgan fingerprint density at radius 3 is 2.93 bits per heavy atom. The fourth-order valence-corrected chi connectivity index (χ4v) is 2.47. The summed E-state index contributed by atoms with van der Waals surface area (Å²) in [4.78, 5) is 2.52. The van der Waals surface area contributed by atoms with Crippen LogP contribution in [0.5, 0.6) is 0 Å². The summed E-state index contributed by atoms with van der Waals surface area (Å²) in [5.74, 6) is 0.776.